The smallest absolute Gasteiger partial charge is 0.0401 e. The highest BCUT2D eigenvalue weighted by atomic mass is 15.1. The van der Waals surface area contributed by atoms with E-state index in [1.54, 1.807) is 0 Å². The van der Waals surface area contributed by atoms with Crippen molar-refractivity contribution in [3.8, 4) is 0 Å². The first-order chi connectivity index (χ1) is 7.50. The molecule has 3 heteroatoms. The third kappa shape index (κ3) is 4.22. The second kappa shape index (κ2) is 6.36. The van der Waals surface area contributed by atoms with Crippen molar-refractivity contribution in [2.75, 3.05) is 40.8 Å². The van der Waals surface area contributed by atoms with Crippen molar-refractivity contribution in [1.82, 2.24) is 9.80 Å². The molecular formula is C13H27N3. The zero-order chi connectivity index (χ0) is 12.1. The predicted molar refractivity (Wildman–Crippen MR) is 71.3 cm³/mol. The number of aliphatic imine (C=N–C) groups is 1. The van der Waals surface area contributed by atoms with Gasteiger partial charge in [0.2, 0.25) is 0 Å². The maximum atomic E-state index is 4.78. The van der Waals surface area contributed by atoms with Crippen molar-refractivity contribution in [3.63, 3.8) is 0 Å². The van der Waals surface area contributed by atoms with Crippen LogP contribution in [0.15, 0.2) is 4.99 Å². The van der Waals surface area contributed by atoms with Crippen molar-refractivity contribution in [2.45, 2.75) is 32.7 Å². The molecule has 2 unspecified atom stereocenters. The second-order valence-electron chi connectivity index (χ2n) is 5.42. The van der Waals surface area contributed by atoms with E-state index in [2.05, 4.69) is 44.8 Å². The molecule has 1 saturated heterocycles. The molecule has 0 spiro atoms. The molecule has 94 valence electrons. The lowest BCUT2D eigenvalue weighted by molar-refractivity contribution is 0.225. The lowest BCUT2D eigenvalue weighted by Gasteiger charge is -2.34. The van der Waals surface area contributed by atoms with Crippen LogP contribution in [0.2, 0.25) is 0 Å². The van der Waals surface area contributed by atoms with E-state index < -0.39 is 0 Å². The van der Waals surface area contributed by atoms with E-state index >= 15 is 0 Å². The summed E-state index contributed by atoms with van der Waals surface area (Å²) in [7, 11) is 6.45. The van der Waals surface area contributed by atoms with Crippen LogP contribution in [-0.2, 0) is 0 Å². The summed E-state index contributed by atoms with van der Waals surface area (Å²) in [5.74, 6) is 0.639. The highest BCUT2D eigenvalue weighted by molar-refractivity contribution is 5.87. The molecule has 0 aromatic carbocycles. The minimum atomic E-state index is 0.639. The van der Waals surface area contributed by atoms with Crippen LogP contribution in [-0.4, -0.2) is 62.3 Å². The van der Waals surface area contributed by atoms with E-state index in [-0.39, 0.29) is 0 Å². The van der Waals surface area contributed by atoms with Crippen LogP contribution in [0.1, 0.15) is 26.7 Å². The molecule has 0 N–H and O–H groups in total. The summed E-state index contributed by atoms with van der Waals surface area (Å²) >= 11 is 0. The Balaban J connectivity index is 2.37. The second-order valence-corrected chi connectivity index (χ2v) is 5.42. The van der Waals surface area contributed by atoms with Gasteiger partial charge in [0, 0.05) is 37.2 Å². The summed E-state index contributed by atoms with van der Waals surface area (Å²) < 4.78 is 0. The van der Waals surface area contributed by atoms with Gasteiger partial charge in [0.1, 0.15) is 0 Å². The van der Waals surface area contributed by atoms with Crippen LogP contribution in [0.5, 0.6) is 0 Å². The lowest BCUT2D eigenvalue weighted by Crippen LogP contribution is -2.43. The van der Waals surface area contributed by atoms with Gasteiger partial charge in [-0.25, -0.2) is 0 Å². The van der Waals surface area contributed by atoms with Gasteiger partial charge in [-0.1, -0.05) is 6.92 Å². The van der Waals surface area contributed by atoms with Gasteiger partial charge < -0.3 is 9.80 Å². The minimum absolute atomic E-state index is 0.639. The third-order valence-corrected chi connectivity index (χ3v) is 3.47. The number of hydrogen-bond acceptors (Lipinski definition) is 3. The molecule has 0 aromatic rings. The van der Waals surface area contributed by atoms with Crippen molar-refractivity contribution in [3.05, 3.63) is 0 Å². The first-order valence-electron chi connectivity index (χ1n) is 6.39. The molecule has 0 aliphatic carbocycles. The van der Waals surface area contributed by atoms with Gasteiger partial charge in [0.05, 0.1) is 0 Å². The first-order valence-corrected chi connectivity index (χ1v) is 6.39. The average Bonchev–Trinajstić information content (AvgIpc) is 2.19. The van der Waals surface area contributed by atoms with Crippen molar-refractivity contribution in [2.24, 2.45) is 10.9 Å². The molecule has 0 aromatic heterocycles. The standard InChI is InChI=1S/C13H27N3/c1-11-10-16(5)12(2)9-13(11)14-7-6-8-15(3)4/h11-12H,6-10H2,1-5H3. The van der Waals surface area contributed by atoms with E-state index in [4.69, 9.17) is 4.99 Å². The number of rotatable bonds is 4. The normalized spacial score (nSPS) is 30.2. The summed E-state index contributed by atoms with van der Waals surface area (Å²) in [6.45, 7) is 7.89. The highest BCUT2D eigenvalue weighted by Crippen LogP contribution is 2.18. The Kier molecular flexibility index (Phi) is 5.42. The summed E-state index contributed by atoms with van der Waals surface area (Å²) in [4.78, 5) is 9.44. The number of hydrogen-bond donors (Lipinski definition) is 0. The van der Waals surface area contributed by atoms with Gasteiger partial charge in [-0.2, -0.15) is 0 Å². The molecule has 0 radical (unpaired) electrons. The van der Waals surface area contributed by atoms with Crippen LogP contribution >= 0.6 is 0 Å². The number of nitrogens with zero attached hydrogens (tertiary/aromatic N) is 3. The van der Waals surface area contributed by atoms with Crippen LogP contribution in [0.25, 0.3) is 0 Å². The average molecular weight is 225 g/mol. The van der Waals surface area contributed by atoms with E-state index in [0.717, 1.165) is 26.1 Å². The first kappa shape index (κ1) is 13.7. The Bertz CT molecular complexity index is 235. The third-order valence-electron chi connectivity index (χ3n) is 3.47. The molecule has 0 amide bonds. The van der Waals surface area contributed by atoms with E-state index in [1.165, 1.54) is 12.1 Å². The van der Waals surface area contributed by atoms with Gasteiger partial charge in [-0.3, -0.25) is 4.99 Å². The van der Waals surface area contributed by atoms with Crippen molar-refractivity contribution < 1.29 is 0 Å². The van der Waals surface area contributed by atoms with Gasteiger partial charge in [-0.15, -0.1) is 0 Å². The van der Waals surface area contributed by atoms with E-state index in [1.807, 2.05) is 0 Å². The molecule has 0 saturated carbocycles. The SMILES string of the molecule is CC1CN(C)C(C)CC1=NCCCN(C)C. The fourth-order valence-electron chi connectivity index (χ4n) is 2.21. The summed E-state index contributed by atoms with van der Waals surface area (Å²) in [6.07, 6.45) is 2.33. The molecule has 1 aliphatic rings. The Labute approximate surface area is 101 Å². The molecule has 1 heterocycles. The molecule has 0 bridgehead atoms. The summed E-state index contributed by atoms with van der Waals surface area (Å²) in [5.41, 5.74) is 1.43. The van der Waals surface area contributed by atoms with Crippen LogP contribution in [0, 0.1) is 5.92 Å². The Morgan fingerprint density at radius 3 is 2.69 bits per heavy atom. The lowest BCUT2D eigenvalue weighted by atomic mass is 9.93. The zero-order valence-electron chi connectivity index (χ0n) is 11.5. The fourth-order valence-corrected chi connectivity index (χ4v) is 2.21. The molecule has 1 aliphatic heterocycles. The van der Waals surface area contributed by atoms with Gasteiger partial charge in [0.25, 0.3) is 0 Å². The topological polar surface area (TPSA) is 18.8 Å². The van der Waals surface area contributed by atoms with Crippen molar-refractivity contribution in [1.29, 1.82) is 0 Å². The van der Waals surface area contributed by atoms with Gasteiger partial charge >= 0.3 is 0 Å². The zero-order valence-corrected chi connectivity index (χ0v) is 11.5. The molecule has 1 rings (SSSR count). The number of piperidine rings is 1. The maximum absolute atomic E-state index is 4.78. The number of likely N-dealkylation sites (tertiary alicyclic amines) is 1. The minimum Gasteiger partial charge on any atom is -0.309 e. The fraction of sp³-hybridized carbons (Fsp3) is 0.923. The van der Waals surface area contributed by atoms with Crippen LogP contribution < -0.4 is 0 Å². The molecule has 16 heavy (non-hydrogen) atoms. The van der Waals surface area contributed by atoms with E-state index in [0.29, 0.717) is 12.0 Å². The van der Waals surface area contributed by atoms with Crippen LogP contribution in [0.4, 0.5) is 0 Å². The molecule has 1 fully saturated rings. The largest absolute Gasteiger partial charge is 0.309 e. The summed E-state index contributed by atoms with van der Waals surface area (Å²) in [5, 5.41) is 0. The van der Waals surface area contributed by atoms with Crippen LogP contribution in [0.3, 0.4) is 0 Å². The van der Waals surface area contributed by atoms with E-state index in [9.17, 15) is 0 Å². The highest BCUT2D eigenvalue weighted by Gasteiger charge is 2.24. The predicted octanol–water partition coefficient (Wildman–Crippen LogP) is 1.74. The maximum Gasteiger partial charge on any atom is 0.0401 e. The Morgan fingerprint density at radius 2 is 2.06 bits per heavy atom. The molecular weight excluding hydrogens is 198 g/mol. The Morgan fingerprint density at radius 1 is 1.38 bits per heavy atom. The monoisotopic (exact) mass is 225 g/mol. The van der Waals surface area contributed by atoms with Gasteiger partial charge in [-0.05, 0) is 41.0 Å². The quantitative estimate of drug-likeness (QED) is 0.679. The summed E-state index contributed by atoms with van der Waals surface area (Å²) in [6, 6.07) is 0.656. The molecule has 2 atom stereocenters. The van der Waals surface area contributed by atoms with Gasteiger partial charge in [0.15, 0.2) is 0 Å². The molecule has 3 nitrogen and oxygen atoms in total. The van der Waals surface area contributed by atoms with Crippen molar-refractivity contribution >= 4 is 5.71 Å². The Hall–Kier alpha value is -0.410.